The van der Waals surface area contributed by atoms with E-state index in [4.69, 9.17) is 5.84 Å². The molecular weight excluding hydrogens is 280 g/mol. The zero-order chi connectivity index (χ0) is 14.8. The number of rotatable bonds is 4. The van der Waals surface area contributed by atoms with Crippen molar-refractivity contribution in [2.24, 2.45) is 5.84 Å². The highest BCUT2D eigenvalue weighted by Crippen LogP contribution is 2.21. The van der Waals surface area contributed by atoms with Gasteiger partial charge in [-0.05, 0) is 26.9 Å². The number of hydrazine groups is 1. The Hall–Kier alpha value is -1.29. The molecular formula is C11H20N6O2S. The molecule has 1 aliphatic heterocycles. The van der Waals surface area contributed by atoms with E-state index in [0.717, 1.165) is 12.8 Å². The van der Waals surface area contributed by atoms with Gasteiger partial charge in [-0.25, -0.2) is 24.2 Å². The topological polar surface area (TPSA) is 104 Å². The first-order valence-electron chi connectivity index (χ1n) is 6.40. The van der Waals surface area contributed by atoms with Crippen LogP contribution in [0.1, 0.15) is 12.8 Å². The summed E-state index contributed by atoms with van der Waals surface area (Å²) in [5, 5.41) is 0. The highest BCUT2D eigenvalue weighted by molar-refractivity contribution is 7.89. The van der Waals surface area contributed by atoms with Crippen LogP contribution in [0, 0.1) is 0 Å². The normalized spacial score (nSPS) is 21.1. The van der Waals surface area contributed by atoms with Crippen molar-refractivity contribution in [1.29, 1.82) is 0 Å². The summed E-state index contributed by atoms with van der Waals surface area (Å²) in [5.41, 5.74) is 2.27. The molecule has 2 rings (SSSR count). The number of anilines is 1. The molecule has 1 aromatic rings. The molecule has 0 aromatic carbocycles. The molecule has 1 unspecified atom stereocenters. The summed E-state index contributed by atoms with van der Waals surface area (Å²) in [6.45, 7) is 1.02. The SMILES string of the molecule is CN(C)C1CCCN(S(=O)(=O)c2cnc(NN)nc2)C1. The second kappa shape index (κ2) is 6.00. The molecule has 0 radical (unpaired) electrons. The predicted molar refractivity (Wildman–Crippen MR) is 75.3 cm³/mol. The summed E-state index contributed by atoms with van der Waals surface area (Å²) in [4.78, 5) is 9.85. The molecule has 0 aliphatic carbocycles. The van der Waals surface area contributed by atoms with Crippen LogP contribution < -0.4 is 11.3 Å². The van der Waals surface area contributed by atoms with Gasteiger partial charge in [0.25, 0.3) is 0 Å². The third kappa shape index (κ3) is 3.06. The largest absolute Gasteiger partial charge is 0.305 e. The van der Waals surface area contributed by atoms with Crippen LogP contribution >= 0.6 is 0 Å². The van der Waals surface area contributed by atoms with E-state index in [0.29, 0.717) is 13.1 Å². The lowest BCUT2D eigenvalue weighted by molar-refractivity contribution is 0.190. The minimum absolute atomic E-state index is 0.0934. The quantitative estimate of drug-likeness (QED) is 0.569. The van der Waals surface area contributed by atoms with Gasteiger partial charge >= 0.3 is 0 Å². The van der Waals surface area contributed by atoms with Gasteiger partial charge in [0.05, 0.1) is 12.4 Å². The average Bonchev–Trinajstić information content (AvgIpc) is 2.47. The van der Waals surface area contributed by atoms with Gasteiger partial charge in [-0.3, -0.25) is 5.43 Å². The third-order valence-electron chi connectivity index (χ3n) is 3.48. The number of piperidine rings is 1. The van der Waals surface area contributed by atoms with Crippen LogP contribution in [-0.4, -0.2) is 60.8 Å². The van der Waals surface area contributed by atoms with Crippen molar-refractivity contribution in [2.45, 2.75) is 23.8 Å². The molecule has 1 saturated heterocycles. The zero-order valence-corrected chi connectivity index (χ0v) is 12.5. The monoisotopic (exact) mass is 300 g/mol. The second-order valence-corrected chi connectivity index (χ2v) is 6.95. The number of nitrogens with two attached hydrogens (primary N) is 1. The summed E-state index contributed by atoms with van der Waals surface area (Å²) < 4.78 is 26.6. The van der Waals surface area contributed by atoms with Crippen molar-refractivity contribution >= 4 is 16.0 Å². The number of hydrogen-bond acceptors (Lipinski definition) is 7. The molecule has 0 saturated carbocycles. The number of nitrogens with one attached hydrogen (secondary N) is 1. The lowest BCUT2D eigenvalue weighted by Gasteiger charge is -2.35. The van der Waals surface area contributed by atoms with E-state index in [-0.39, 0.29) is 16.9 Å². The Balaban J connectivity index is 2.20. The first-order chi connectivity index (χ1) is 9.45. The Morgan fingerprint density at radius 1 is 1.40 bits per heavy atom. The van der Waals surface area contributed by atoms with Crippen LogP contribution in [0.25, 0.3) is 0 Å². The molecule has 9 heteroatoms. The molecule has 112 valence electrons. The summed E-state index contributed by atoms with van der Waals surface area (Å²) in [6, 6.07) is 0.240. The molecule has 1 aliphatic rings. The van der Waals surface area contributed by atoms with Crippen molar-refractivity contribution < 1.29 is 8.42 Å². The number of nitrogens with zero attached hydrogens (tertiary/aromatic N) is 4. The van der Waals surface area contributed by atoms with Crippen LogP contribution in [0.4, 0.5) is 5.95 Å². The maximum atomic E-state index is 12.5. The first-order valence-corrected chi connectivity index (χ1v) is 7.84. The van der Waals surface area contributed by atoms with Crippen LogP contribution in [0.15, 0.2) is 17.3 Å². The number of aromatic nitrogens is 2. The van der Waals surface area contributed by atoms with Crippen LogP contribution in [0.3, 0.4) is 0 Å². The van der Waals surface area contributed by atoms with Crippen molar-refractivity contribution in [2.75, 3.05) is 32.6 Å². The number of likely N-dealkylation sites (N-methyl/N-ethyl adjacent to an activating group) is 1. The van der Waals surface area contributed by atoms with E-state index in [1.165, 1.54) is 16.7 Å². The molecule has 8 nitrogen and oxygen atoms in total. The average molecular weight is 300 g/mol. The maximum absolute atomic E-state index is 12.5. The van der Waals surface area contributed by atoms with Gasteiger partial charge in [-0.1, -0.05) is 0 Å². The van der Waals surface area contributed by atoms with Gasteiger partial charge < -0.3 is 4.90 Å². The van der Waals surface area contributed by atoms with E-state index < -0.39 is 10.0 Å². The molecule has 20 heavy (non-hydrogen) atoms. The predicted octanol–water partition coefficient (Wildman–Crippen LogP) is -0.523. The van der Waals surface area contributed by atoms with Crippen LogP contribution in [0.2, 0.25) is 0 Å². The lowest BCUT2D eigenvalue weighted by Crippen LogP contribution is -2.47. The summed E-state index contributed by atoms with van der Waals surface area (Å²) >= 11 is 0. The standard InChI is InChI=1S/C11H20N6O2S/c1-16(2)9-4-3-5-17(8-9)20(18,19)10-6-13-11(15-12)14-7-10/h6-7,9H,3-5,8,12H2,1-2H3,(H,13,14,15). The van der Waals surface area contributed by atoms with Gasteiger partial charge in [-0.15, -0.1) is 0 Å². The van der Waals surface area contributed by atoms with Crippen LogP contribution in [-0.2, 0) is 10.0 Å². The third-order valence-corrected chi connectivity index (χ3v) is 5.30. The zero-order valence-electron chi connectivity index (χ0n) is 11.7. The Labute approximate surface area is 119 Å². The van der Waals surface area contributed by atoms with Gasteiger partial charge in [0, 0.05) is 19.1 Å². The Morgan fingerprint density at radius 2 is 2.05 bits per heavy atom. The highest BCUT2D eigenvalue weighted by Gasteiger charge is 2.31. The van der Waals surface area contributed by atoms with E-state index in [1.807, 2.05) is 14.1 Å². The summed E-state index contributed by atoms with van der Waals surface area (Å²) in [6.07, 6.45) is 4.41. The Kier molecular flexibility index (Phi) is 4.53. The fraction of sp³-hybridized carbons (Fsp3) is 0.636. The number of sulfonamides is 1. The molecule has 1 aromatic heterocycles. The number of hydrogen-bond donors (Lipinski definition) is 2. The van der Waals surface area contributed by atoms with E-state index in [9.17, 15) is 8.42 Å². The van der Waals surface area contributed by atoms with Crippen molar-refractivity contribution in [3.05, 3.63) is 12.4 Å². The second-order valence-electron chi connectivity index (χ2n) is 5.01. The Morgan fingerprint density at radius 3 is 2.60 bits per heavy atom. The minimum Gasteiger partial charge on any atom is -0.305 e. The molecule has 0 bridgehead atoms. The molecule has 3 N–H and O–H groups in total. The highest BCUT2D eigenvalue weighted by atomic mass is 32.2. The smallest absolute Gasteiger partial charge is 0.246 e. The van der Waals surface area contributed by atoms with Crippen molar-refractivity contribution in [3.8, 4) is 0 Å². The van der Waals surface area contributed by atoms with Gasteiger partial charge in [-0.2, -0.15) is 4.31 Å². The first kappa shape index (κ1) is 15.1. The van der Waals surface area contributed by atoms with E-state index in [1.54, 1.807) is 0 Å². The lowest BCUT2D eigenvalue weighted by atomic mass is 10.1. The summed E-state index contributed by atoms with van der Waals surface area (Å²) in [5.74, 6) is 5.35. The number of nitrogen functional groups attached to an aromatic ring is 1. The fourth-order valence-electron chi connectivity index (χ4n) is 2.23. The maximum Gasteiger partial charge on any atom is 0.246 e. The molecule has 1 fully saturated rings. The van der Waals surface area contributed by atoms with Gasteiger partial charge in [0.15, 0.2) is 0 Å². The van der Waals surface area contributed by atoms with Gasteiger partial charge in [0.1, 0.15) is 4.90 Å². The van der Waals surface area contributed by atoms with Crippen LogP contribution in [0.5, 0.6) is 0 Å². The van der Waals surface area contributed by atoms with E-state index >= 15 is 0 Å². The Bertz CT molecular complexity index is 545. The van der Waals surface area contributed by atoms with Crippen molar-refractivity contribution in [1.82, 2.24) is 19.2 Å². The fourth-order valence-corrected chi connectivity index (χ4v) is 3.64. The van der Waals surface area contributed by atoms with E-state index in [2.05, 4.69) is 20.3 Å². The van der Waals surface area contributed by atoms with Gasteiger partial charge in [0.2, 0.25) is 16.0 Å². The molecule has 0 spiro atoms. The molecule has 2 heterocycles. The van der Waals surface area contributed by atoms with Crippen molar-refractivity contribution in [3.63, 3.8) is 0 Å². The summed E-state index contributed by atoms with van der Waals surface area (Å²) in [7, 11) is 0.387. The molecule has 1 atom stereocenters. The minimum atomic E-state index is -3.54. The molecule has 0 amide bonds.